The summed E-state index contributed by atoms with van der Waals surface area (Å²) in [6, 6.07) is 2.48. The van der Waals surface area contributed by atoms with Gasteiger partial charge in [-0.15, -0.1) is 0 Å². The van der Waals surface area contributed by atoms with E-state index >= 15 is 0 Å². The molecule has 5 atom stereocenters. The highest BCUT2D eigenvalue weighted by Crippen LogP contribution is 2.53. The highest BCUT2D eigenvalue weighted by molar-refractivity contribution is 6.25. The molecule has 1 fully saturated rings. The third kappa shape index (κ3) is 2.97. The number of nitriles is 1. The Morgan fingerprint density at radius 3 is 2.49 bits per heavy atom. The first kappa shape index (κ1) is 23.5. The summed E-state index contributed by atoms with van der Waals surface area (Å²) in [5.41, 5.74) is 9.84. The highest BCUT2D eigenvalue weighted by Gasteiger charge is 2.57. The fraction of sp³-hybridized carbons (Fsp3) is 0.500. The lowest BCUT2D eigenvalue weighted by Gasteiger charge is -2.60. The van der Waals surface area contributed by atoms with Crippen molar-refractivity contribution in [3.05, 3.63) is 45.2 Å². The largest absolute Gasteiger partial charge is 0.504 e. The first-order valence-corrected chi connectivity index (χ1v) is 11.8. The van der Waals surface area contributed by atoms with Crippen molar-refractivity contribution in [2.45, 2.75) is 56.9 Å². The number of rotatable bonds is 3. The summed E-state index contributed by atoms with van der Waals surface area (Å²) in [5.74, 6) is -0.0230. The number of carbonyl (C=O) groups is 2. The minimum atomic E-state index is -0.613. The van der Waals surface area contributed by atoms with Crippen molar-refractivity contribution in [2.75, 3.05) is 27.8 Å². The highest BCUT2D eigenvalue weighted by atomic mass is 16.5. The van der Waals surface area contributed by atoms with Gasteiger partial charge >= 0.3 is 0 Å². The van der Waals surface area contributed by atoms with E-state index in [1.807, 2.05) is 24.9 Å². The number of phenolic OH excluding ortho intramolecular Hbond substituents is 1. The number of phenols is 1. The molecule has 1 aromatic rings. The van der Waals surface area contributed by atoms with E-state index in [1.54, 1.807) is 6.92 Å². The Labute approximate surface area is 204 Å². The number of methoxy groups -OCH3 is 2. The lowest BCUT2D eigenvalue weighted by Crippen LogP contribution is -2.71. The number of hydrogen-bond donors (Lipinski definition) is 2. The van der Waals surface area contributed by atoms with Gasteiger partial charge in [0.1, 0.15) is 6.04 Å². The van der Waals surface area contributed by atoms with Gasteiger partial charge in [0.2, 0.25) is 5.78 Å². The number of hydrogen-bond acceptors (Lipinski definition) is 9. The first-order chi connectivity index (χ1) is 16.7. The van der Waals surface area contributed by atoms with E-state index in [2.05, 4.69) is 11.0 Å². The summed E-state index contributed by atoms with van der Waals surface area (Å²) < 4.78 is 10.8. The van der Waals surface area contributed by atoms with Crippen molar-refractivity contribution in [1.82, 2.24) is 9.80 Å². The molecular formula is C26H30N4O5. The number of benzene rings is 1. The van der Waals surface area contributed by atoms with Gasteiger partial charge in [0, 0.05) is 40.9 Å². The van der Waals surface area contributed by atoms with Gasteiger partial charge in [0.05, 0.1) is 32.4 Å². The molecule has 9 heteroatoms. The van der Waals surface area contributed by atoms with Crippen LogP contribution in [-0.4, -0.2) is 78.5 Å². The normalized spacial score (nSPS) is 30.5. The zero-order chi connectivity index (χ0) is 25.3. The zero-order valence-electron chi connectivity index (χ0n) is 20.6. The van der Waals surface area contributed by atoms with Crippen LogP contribution in [0.5, 0.6) is 11.5 Å². The first-order valence-electron chi connectivity index (χ1n) is 11.8. The van der Waals surface area contributed by atoms with Gasteiger partial charge in [-0.2, -0.15) is 5.26 Å². The number of allylic oxidation sites excluding steroid dienone is 2. The monoisotopic (exact) mass is 478 g/mol. The van der Waals surface area contributed by atoms with E-state index < -0.39 is 12.1 Å². The Kier molecular flexibility index (Phi) is 5.51. The molecule has 0 amide bonds. The maximum Gasteiger partial charge on any atom is 0.225 e. The molecule has 1 aromatic carbocycles. The van der Waals surface area contributed by atoms with Crippen LogP contribution in [0.2, 0.25) is 0 Å². The van der Waals surface area contributed by atoms with Crippen molar-refractivity contribution in [2.24, 2.45) is 5.73 Å². The molecule has 3 heterocycles. The van der Waals surface area contributed by atoms with Crippen LogP contribution >= 0.6 is 0 Å². The number of piperazine rings is 1. The second kappa shape index (κ2) is 8.19. The number of likely N-dealkylation sites (N-methyl/N-ethyl adjacent to an activating group) is 1. The Bertz CT molecular complexity index is 1260. The minimum Gasteiger partial charge on any atom is -0.504 e. The second-order valence-electron chi connectivity index (χ2n) is 9.78. The summed E-state index contributed by atoms with van der Waals surface area (Å²) in [4.78, 5) is 31.0. The third-order valence-corrected chi connectivity index (χ3v) is 8.29. The summed E-state index contributed by atoms with van der Waals surface area (Å²) in [6.45, 7) is 3.56. The summed E-state index contributed by atoms with van der Waals surface area (Å²) in [5, 5.41) is 21.6. The van der Waals surface area contributed by atoms with Gasteiger partial charge in [-0.25, -0.2) is 0 Å². The average molecular weight is 479 g/mol. The fourth-order valence-corrected chi connectivity index (χ4v) is 6.84. The van der Waals surface area contributed by atoms with Gasteiger partial charge in [0.25, 0.3) is 0 Å². The predicted molar refractivity (Wildman–Crippen MR) is 127 cm³/mol. The summed E-state index contributed by atoms with van der Waals surface area (Å²) >= 11 is 0. The molecule has 0 radical (unpaired) electrons. The van der Waals surface area contributed by atoms with Crippen molar-refractivity contribution < 1.29 is 24.2 Å². The fourth-order valence-electron chi connectivity index (χ4n) is 6.84. The molecule has 0 spiro atoms. The van der Waals surface area contributed by atoms with Crippen LogP contribution in [0.3, 0.4) is 0 Å². The molecular weight excluding hydrogens is 448 g/mol. The number of carbonyl (C=O) groups excluding carboxylic acids is 2. The molecule has 2 bridgehead atoms. The molecule has 1 saturated heterocycles. The quantitative estimate of drug-likeness (QED) is 0.617. The minimum absolute atomic E-state index is 0.0386. The van der Waals surface area contributed by atoms with E-state index in [4.69, 9.17) is 15.2 Å². The van der Waals surface area contributed by atoms with Crippen LogP contribution in [0, 0.1) is 18.3 Å². The Morgan fingerprint density at radius 2 is 1.89 bits per heavy atom. The Balaban J connectivity index is 1.74. The molecule has 35 heavy (non-hydrogen) atoms. The van der Waals surface area contributed by atoms with Gasteiger partial charge in [0.15, 0.2) is 23.0 Å². The summed E-state index contributed by atoms with van der Waals surface area (Å²) in [7, 11) is 4.86. The topological polar surface area (TPSA) is 129 Å². The SMILES string of the molecule is COC1=C(C)C(=O)C2=C(C1=O)C(CN)N1[C@@H](C#N)[C@H]3Cc4cc(C)c(OC)c(O)c4[C@H]([C@@H]1C2)N3C. The maximum atomic E-state index is 13.4. The van der Waals surface area contributed by atoms with Gasteiger partial charge in [-0.05, 0) is 44.9 Å². The molecule has 1 aliphatic carbocycles. The standard InChI is InChI=1S/C26H30N4O5/c1-11-6-13-7-15-17(9-27)30-16(21(29(15)3)19(13)23(32)25(11)34-4)8-14-20(18(30)10-28)24(33)26(35-5)12(2)22(14)31/h6,15-18,21,32H,7-8,10,28H2,1-5H3/t15-,16+,17+,18?,21+/m1/s1. The maximum absolute atomic E-state index is 13.4. The van der Waals surface area contributed by atoms with Crippen molar-refractivity contribution in [3.8, 4) is 17.6 Å². The molecule has 9 nitrogen and oxygen atoms in total. The van der Waals surface area contributed by atoms with Crippen molar-refractivity contribution >= 4 is 11.6 Å². The van der Waals surface area contributed by atoms with Gasteiger partial charge in [-0.3, -0.25) is 19.4 Å². The lowest BCUT2D eigenvalue weighted by molar-refractivity contribution is -0.122. The smallest absolute Gasteiger partial charge is 0.225 e. The van der Waals surface area contributed by atoms with E-state index in [9.17, 15) is 20.0 Å². The summed E-state index contributed by atoms with van der Waals surface area (Å²) in [6.07, 6.45) is 0.820. The molecule has 184 valence electrons. The van der Waals surface area contributed by atoms with Crippen LogP contribution in [0.1, 0.15) is 36.1 Å². The second-order valence-corrected chi connectivity index (χ2v) is 9.78. The molecule has 1 unspecified atom stereocenters. The number of Topliss-reactive ketones (excluding diaryl/α,β-unsaturated/α-hetero) is 2. The Hall–Kier alpha value is -3.19. The molecule has 5 rings (SSSR count). The third-order valence-electron chi connectivity index (χ3n) is 8.29. The van der Waals surface area contributed by atoms with Crippen LogP contribution < -0.4 is 10.5 Å². The number of ether oxygens (including phenoxy) is 2. The predicted octanol–water partition coefficient (Wildman–Crippen LogP) is 1.28. The van der Waals surface area contributed by atoms with Crippen molar-refractivity contribution in [3.63, 3.8) is 0 Å². The van der Waals surface area contributed by atoms with E-state index in [-0.39, 0.29) is 59.7 Å². The molecule has 3 N–H and O–H groups in total. The van der Waals surface area contributed by atoms with E-state index in [1.165, 1.54) is 14.2 Å². The lowest BCUT2D eigenvalue weighted by atomic mass is 9.69. The van der Waals surface area contributed by atoms with Crippen LogP contribution in [0.25, 0.3) is 0 Å². The van der Waals surface area contributed by atoms with Crippen LogP contribution in [0.4, 0.5) is 0 Å². The number of aromatic hydroxyl groups is 1. The Morgan fingerprint density at radius 1 is 1.17 bits per heavy atom. The number of nitrogens with two attached hydrogens (primary N) is 1. The van der Waals surface area contributed by atoms with Crippen molar-refractivity contribution in [1.29, 1.82) is 5.26 Å². The van der Waals surface area contributed by atoms with E-state index in [0.29, 0.717) is 23.3 Å². The van der Waals surface area contributed by atoms with Crippen LogP contribution in [0.15, 0.2) is 28.5 Å². The van der Waals surface area contributed by atoms with Crippen LogP contribution in [-0.2, 0) is 20.7 Å². The van der Waals surface area contributed by atoms with E-state index in [0.717, 1.165) is 16.7 Å². The number of nitrogens with zero attached hydrogens (tertiary/aromatic N) is 3. The number of ketones is 2. The average Bonchev–Trinajstić information content (AvgIpc) is 2.83. The van der Waals surface area contributed by atoms with Gasteiger partial charge in [-0.1, -0.05) is 6.07 Å². The number of fused-ring (bicyclic) bond motifs is 6. The molecule has 0 aromatic heterocycles. The van der Waals surface area contributed by atoms with Gasteiger partial charge < -0.3 is 20.3 Å². The molecule has 0 saturated carbocycles. The molecule has 3 aliphatic heterocycles. The number of aryl methyl sites for hydroxylation is 1. The zero-order valence-corrected chi connectivity index (χ0v) is 20.6. The molecule has 4 aliphatic rings.